The normalized spacial score (nSPS) is 10.0. The van der Waals surface area contributed by atoms with Gasteiger partial charge >= 0.3 is 0 Å². The van der Waals surface area contributed by atoms with Crippen LogP contribution in [0.15, 0.2) is 35.2 Å². The lowest BCUT2D eigenvalue weighted by Gasteiger charge is -2.01. The minimum absolute atomic E-state index is 0.538. The van der Waals surface area contributed by atoms with Crippen molar-refractivity contribution in [3.63, 3.8) is 0 Å². The summed E-state index contributed by atoms with van der Waals surface area (Å²) in [7, 11) is 0. The van der Waals surface area contributed by atoms with Crippen molar-refractivity contribution < 1.29 is 4.42 Å². The highest BCUT2D eigenvalue weighted by Gasteiger charge is 1.97. The summed E-state index contributed by atoms with van der Waals surface area (Å²) in [5.41, 5.74) is 6.00. The average molecular weight is 190 g/mol. The fourth-order valence-electron chi connectivity index (χ4n) is 1.01. The molecule has 0 saturated carbocycles. The molecule has 5 nitrogen and oxygen atoms in total. The number of nitrogens with zero attached hydrogens (tertiary/aromatic N) is 2. The van der Waals surface area contributed by atoms with Crippen LogP contribution in [0, 0.1) is 0 Å². The topological polar surface area (TPSA) is 77.0 Å². The molecule has 0 radical (unpaired) electrons. The van der Waals surface area contributed by atoms with Crippen LogP contribution in [-0.2, 0) is 6.54 Å². The number of aromatic nitrogens is 2. The molecule has 0 amide bonds. The molecule has 0 aliphatic heterocycles. The smallest absolute Gasteiger partial charge is 0.223 e. The van der Waals surface area contributed by atoms with Gasteiger partial charge in [0.05, 0.1) is 30.9 Å². The van der Waals surface area contributed by atoms with Gasteiger partial charge in [-0.2, -0.15) is 0 Å². The summed E-state index contributed by atoms with van der Waals surface area (Å²) >= 11 is 0. The zero-order valence-corrected chi connectivity index (χ0v) is 7.47. The third kappa shape index (κ3) is 2.01. The van der Waals surface area contributed by atoms with Crippen LogP contribution >= 0.6 is 0 Å². The number of nitrogens with two attached hydrogens (primary N) is 1. The van der Waals surface area contributed by atoms with Crippen LogP contribution in [0.3, 0.4) is 0 Å². The van der Waals surface area contributed by atoms with E-state index in [0.29, 0.717) is 18.2 Å². The largest absolute Gasteiger partial charge is 0.467 e. The monoisotopic (exact) mass is 190 g/mol. The second-order valence-corrected chi connectivity index (χ2v) is 2.77. The van der Waals surface area contributed by atoms with E-state index in [0.717, 1.165) is 5.76 Å². The van der Waals surface area contributed by atoms with Crippen LogP contribution in [0.5, 0.6) is 0 Å². The second kappa shape index (κ2) is 3.78. The van der Waals surface area contributed by atoms with Crippen LogP contribution in [0.25, 0.3) is 0 Å². The Kier molecular flexibility index (Phi) is 2.31. The summed E-state index contributed by atoms with van der Waals surface area (Å²) < 4.78 is 5.14. The number of furan rings is 1. The minimum atomic E-state index is 0.538. The average Bonchev–Trinajstić information content (AvgIpc) is 2.70. The van der Waals surface area contributed by atoms with Crippen molar-refractivity contribution in [1.29, 1.82) is 0 Å². The SMILES string of the molecule is Nc1cnc(NCc2ccco2)nc1. The van der Waals surface area contributed by atoms with Crippen LogP contribution in [-0.4, -0.2) is 9.97 Å². The molecular weight excluding hydrogens is 180 g/mol. The molecule has 0 aliphatic carbocycles. The third-order valence-electron chi connectivity index (χ3n) is 1.67. The Hall–Kier alpha value is -2.04. The molecule has 2 heterocycles. The van der Waals surface area contributed by atoms with Crippen LogP contribution in [0.2, 0.25) is 0 Å². The lowest BCUT2D eigenvalue weighted by molar-refractivity contribution is 0.517. The van der Waals surface area contributed by atoms with E-state index in [-0.39, 0.29) is 0 Å². The first-order valence-electron chi connectivity index (χ1n) is 4.18. The summed E-state index contributed by atoms with van der Waals surface area (Å²) in [6, 6.07) is 3.71. The van der Waals surface area contributed by atoms with Crippen LogP contribution < -0.4 is 11.1 Å². The minimum Gasteiger partial charge on any atom is -0.467 e. The fraction of sp³-hybridized carbons (Fsp3) is 0.111. The highest BCUT2D eigenvalue weighted by atomic mass is 16.3. The van der Waals surface area contributed by atoms with Crippen molar-refractivity contribution >= 4 is 11.6 Å². The first-order valence-corrected chi connectivity index (χ1v) is 4.18. The van der Waals surface area contributed by atoms with Gasteiger partial charge in [0, 0.05) is 0 Å². The van der Waals surface area contributed by atoms with Gasteiger partial charge in [-0.05, 0) is 12.1 Å². The Morgan fingerprint density at radius 3 is 2.79 bits per heavy atom. The van der Waals surface area contributed by atoms with Gasteiger partial charge in [-0.25, -0.2) is 9.97 Å². The number of nitrogen functional groups attached to an aromatic ring is 1. The van der Waals surface area contributed by atoms with Crippen LogP contribution in [0.1, 0.15) is 5.76 Å². The van der Waals surface area contributed by atoms with E-state index < -0.39 is 0 Å². The van der Waals surface area contributed by atoms with Gasteiger partial charge in [-0.15, -0.1) is 0 Å². The number of anilines is 2. The molecule has 2 aromatic rings. The van der Waals surface area contributed by atoms with E-state index in [9.17, 15) is 0 Å². The molecule has 72 valence electrons. The molecule has 0 atom stereocenters. The predicted octanol–water partition coefficient (Wildman–Crippen LogP) is 1.26. The molecule has 14 heavy (non-hydrogen) atoms. The molecule has 2 aromatic heterocycles. The summed E-state index contributed by atoms with van der Waals surface area (Å²) in [6.45, 7) is 0.566. The maximum atomic E-state index is 5.45. The van der Waals surface area contributed by atoms with E-state index in [1.165, 1.54) is 0 Å². The Labute approximate surface area is 81.0 Å². The number of hydrogen-bond donors (Lipinski definition) is 2. The predicted molar refractivity (Wildman–Crippen MR) is 52.5 cm³/mol. The van der Waals surface area contributed by atoms with Gasteiger partial charge in [-0.1, -0.05) is 0 Å². The fourth-order valence-corrected chi connectivity index (χ4v) is 1.01. The second-order valence-electron chi connectivity index (χ2n) is 2.77. The molecule has 0 aliphatic rings. The maximum absolute atomic E-state index is 5.45. The van der Waals surface area contributed by atoms with Crippen molar-refractivity contribution in [2.75, 3.05) is 11.1 Å². The Bertz CT molecular complexity index is 382. The van der Waals surface area contributed by atoms with Crippen molar-refractivity contribution in [3.05, 3.63) is 36.5 Å². The molecule has 0 saturated heterocycles. The quantitative estimate of drug-likeness (QED) is 0.762. The van der Waals surface area contributed by atoms with Crippen molar-refractivity contribution in [2.24, 2.45) is 0 Å². The van der Waals surface area contributed by atoms with Gasteiger partial charge in [0.25, 0.3) is 0 Å². The first kappa shape index (κ1) is 8.55. The molecule has 0 spiro atoms. The van der Waals surface area contributed by atoms with E-state index in [4.69, 9.17) is 10.2 Å². The van der Waals surface area contributed by atoms with E-state index in [2.05, 4.69) is 15.3 Å². The van der Waals surface area contributed by atoms with Gasteiger partial charge in [0.15, 0.2) is 0 Å². The number of nitrogens with one attached hydrogen (secondary N) is 1. The van der Waals surface area contributed by atoms with E-state index >= 15 is 0 Å². The number of rotatable bonds is 3. The van der Waals surface area contributed by atoms with Gasteiger partial charge in [-0.3, -0.25) is 0 Å². The van der Waals surface area contributed by atoms with Crippen molar-refractivity contribution in [3.8, 4) is 0 Å². The van der Waals surface area contributed by atoms with Crippen LogP contribution in [0.4, 0.5) is 11.6 Å². The molecular formula is C9H10N4O. The Balaban J connectivity index is 1.95. The third-order valence-corrected chi connectivity index (χ3v) is 1.67. The van der Waals surface area contributed by atoms with Gasteiger partial charge in [0.1, 0.15) is 5.76 Å². The molecule has 0 aromatic carbocycles. The molecule has 0 fully saturated rings. The molecule has 5 heteroatoms. The molecule has 0 unspecified atom stereocenters. The summed E-state index contributed by atoms with van der Waals surface area (Å²) in [4.78, 5) is 7.98. The zero-order chi connectivity index (χ0) is 9.80. The molecule has 0 bridgehead atoms. The van der Waals surface area contributed by atoms with Crippen molar-refractivity contribution in [1.82, 2.24) is 9.97 Å². The first-order chi connectivity index (χ1) is 6.84. The summed E-state index contributed by atoms with van der Waals surface area (Å²) in [5.74, 6) is 1.38. The van der Waals surface area contributed by atoms with Gasteiger partial charge < -0.3 is 15.5 Å². The molecule has 3 N–H and O–H groups in total. The number of hydrogen-bond acceptors (Lipinski definition) is 5. The Morgan fingerprint density at radius 2 is 2.14 bits per heavy atom. The van der Waals surface area contributed by atoms with Gasteiger partial charge in [0.2, 0.25) is 5.95 Å². The lowest BCUT2D eigenvalue weighted by atomic mass is 10.4. The lowest BCUT2D eigenvalue weighted by Crippen LogP contribution is -2.02. The molecule has 2 rings (SSSR count). The summed E-state index contributed by atoms with van der Waals surface area (Å²) in [5, 5.41) is 3.00. The van der Waals surface area contributed by atoms with Crippen molar-refractivity contribution in [2.45, 2.75) is 6.54 Å². The highest BCUT2D eigenvalue weighted by molar-refractivity contribution is 5.35. The standard InChI is InChI=1S/C9H10N4O/c10-7-4-11-9(12-5-7)13-6-8-2-1-3-14-8/h1-5H,6,10H2,(H,11,12,13). The highest BCUT2D eigenvalue weighted by Crippen LogP contribution is 2.04. The summed E-state index contributed by atoms with van der Waals surface area (Å²) in [6.07, 6.45) is 4.73. The Morgan fingerprint density at radius 1 is 1.36 bits per heavy atom. The van der Waals surface area contributed by atoms with E-state index in [1.807, 2.05) is 12.1 Å². The maximum Gasteiger partial charge on any atom is 0.223 e. The zero-order valence-electron chi connectivity index (χ0n) is 7.47. The van der Waals surface area contributed by atoms with E-state index in [1.54, 1.807) is 18.7 Å².